The van der Waals surface area contributed by atoms with Crippen molar-refractivity contribution in [3.63, 3.8) is 0 Å². The molecular formula is C13H18ClNO4S2. The van der Waals surface area contributed by atoms with Crippen LogP contribution in [-0.2, 0) is 19.6 Å². The lowest BCUT2D eigenvalue weighted by Gasteiger charge is -2.30. The summed E-state index contributed by atoms with van der Waals surface area (Å²) in [4.78, 5) is 11.8. The topological polar surface area (TPSA) is 63.7 Å². The maximum Gasteiger partial charge on any atom is 0.310 e. The number of carbonyl (C=O) groups is 1. The van der Waals surface area contributed by atoms with Crippen LogP contribution in [0.4, 0.5) is 0 Å². The molecule has 1 aromatic heterocycles. The fourth-order valence-corrected chi connectivity index (χ4v) is 5.69. The second-order valence-electron chi connectivity index (χ2n) is 4.98. The fraction of sp³-hybridized carbons (Fsp3) is 0.615. The summed E-state index contributed by atoms with van der Waals surface area (Å²) in [6, 6.07) is 1.58. The molecule has 1 aliphatic rings. The molecule has 1 atom stereocenters. The highest BCUT2D eigenvalue weighted by atomic mass is 35.5. The lowest BCUT2D eigenvalue weighted by Crippen LogP contribution is -2.42. The van der Waals surface area contributed by atoms with E-state index < -0.39 is 10.0 Å². The van der Waals surface area contributed by atoms with Crippen molar-refractivity contribution in [1.29, 1.82) is 0 Å². The van der Waals surface area contributed by atoms with Crippen molar-refractivity contribution in [3.05, 3.63) is 16.0 Å². The molecule has 0 N–H and O–H groups in total. The monoisotopic (exact) mass is 351 g/mol. The molecule has 0 aromatic carbocycles. The van der Waals surface area contributed by atoms with Crippen molar-refractivity contribution >= 4 is 38.9 Å². The number of ether oxygens (including phenoxy) is 1. The van der Waals surface area contributed by atoms with E-state index in [2.05, 4.69) is 0 Å². The average molecular weight is 352 g/mol. The minimum absolute atomic E-state index is 0.176. The number of piperidine rings is 1. The highest BCUT2D eigenvalue weighted by molar-refractivity contribution is 7.91. The highest BCUT2D eigenvalue weighted by Crippen LogP contribution is 2.33. The number of hydrogen-bond donors (Lipinski definition) is 0. The van der Waals surface area contributed by atoms with E-state index in [-0.39, 0.29) is 22.6 Å². The van der Waals surface area contributed by atoms with Crippen LogP contribution in [0.15, 0.2) is 10.3 Å². The maximum atomic E-state index is 12.6. The Morgan fingerprint density at radius 3 is 2.86 bits per heavy atom. The summed E-state index contributed by atoms with van der Waals surface area (Å²) in [6.07, 6.45) is 1.32. The first-order valence-corrected chi connectivity index (χ1v) is 9.42. The standard InChI is InChI=1S/C13H18ClNO4S2/c1-3-19-13(16)10-5-4-6-15(8-10)21(17,18)11-7-9(2)12(14)20-11/h7,10H,3-6,8H2,1-2H3. The van der Waals surface area contributed by atoms with Gasteiger partial charge >= 0.3 is 5.97 Å². The highest BCUT2D eigenvalue weighted by Gasteiger charge is 2.34. The Morgan fingerprint density at radius 1 is 1.57 bits per heavy atom. The molecule has 0 bridgehead atoms. The SMILES string of the molecule is CCOC(=O)C1CCCN(S(=O)(=O)c2cc(C)c(Cl)s2)C1. The summed E-state index contributed by atoms with van der Waals surface area (Å²) in [5, 5.41) is 0. The molecule has 0 amide bonds. The van der Waals surface area contributed by atoms with Crippen molar-refractivity contribution in [2.24, 2.45) is 5.92 Å². The zero-order chi connectivity index (χ0) is 15.6. The average Bonchev–Trinajstić information content (AvgIpc) is 2.80. The van der Waals surface area contributed by atoms with Crippen LogP contribution in [0.2, 0.25) is 4.34 Å². The Hall–Kier alpha value is -0.630. The van der Waals surface area contributed by atoms with E-state index in [0.717, 1.165) is 16.9 Å². The molecule has 1 aromatic rings. The molecule has 2 heterocycles. The number of hydrogen-bond acceptors (Lipinski definition) is 5. The molecule has 0 saturated carbocycles. The molecule has 8 heteroatoms. The minimum Gasteiger partial charge on any atom is -0.466 e. The molecule has 21 heavy (non-hydrogen) atoms. The summed E-state index contributed by atoms with van der Waals surface area (Å²) in [7, 11) is -3.59. The molecular weight excluding hydrogens is 334 g/mol. The molecule has 0 radical (unpaired) electrons. The van der Waals surface area contributed by atoms with Crippen LogP contribution in [0, 0.1) is 12.8 Å². The van der Waals surface area contributed by atoms with Gasteiger partial charge in [-0.3, -0.25) is 4.79 Å². The van der Waals surface area contributed by atoms with Crippen molar-refractivity contribution in [3.8, 4) is 0 Å². The molecule has 118 valence electrons. The second kappa shape index (κ2) is 6.64. The summed E-state index contributed by atoms with van der Waals surface area (Å²) in [5.41, 5.74) is 0.749. The largest absolute Gasteiger partial charge is 0.466 e. The predicted octanol–water partition coefficient (Wildman–Crippen LogP) is 2.67. The van der Waals surface area contributed by atoms with Crippen LogP contribution in [0.1, 0.15) is 25.3 Å². The Bertz CT molecular complexity index is 607. The van der Waals surface area contributed by atoms with Crippen molar-refractivity contribution in [1.82, 2.24) is 4.31 Å². The number of sulfonamides is 1. The zero-order valence-corrected chi connectivity index (χ0v) is 14.4. The van der Waals surface area contributed by atoms with Crippen LogP contribution in [-0.4, -0.2) is 38.4 Å². The summed E-state index contributed by atoms with van der Waals surface area (Å²) in [5.74, 6) is -0.706. The third-order valence-corrected chi connectivity index (χ3v) is 7.30. The van der Waals surface area contributed by atoms with E-state index in [9.17, 15) is 13.2 Å². The lowest BCUT2D eigenvalue weighted by atomic mass is 10.0. The van der Waals surface area contributed by atoms with Gasteiger partial charge < -0.3 is 4.74 Å². The molecule has 2 rings (SSSR count). The van der Waals surface area contributed by atoms with Crippen LogP contribution in [0.3, 0.4) is 0 Å². The van der Waals surface area contributed by atoms with Gasteiger partial charge in [0.25, 0.3) is 10.0 Å². The number of carbonyl (C=O) groups excluding carboxylic acids is 1. The van der Waals surface area contributed by atoms with E-state index in [1.807, 2.05) is 0 Å². The van der Waals surface area contributed by atoms with Crippen LogP contribution >= 0.6 is 22.9 Å². The number of esters is 1. The van der Waals surface area contributed by atoms with Gasteiger partial charge in [-0.15, -0.1) is 11.3 Å². The molecule has 1 saturated heterocycles. The van der Waals surface area contributed by atoms with E-state index in [4.69, 9.17) is 16.3 Å². The zero-order valence-electron chi connectivity index (χ0n) is 12.0. The van der Waals surface area contributed by atoms with Gasteiger partial charge in [-0.1, -0.05) is 11.6 Å². The fourth-order valence-electron chi connectivity index (χ4n) is 2.30. The first kappa shape index (κ1) is 16.7. The minimum atomic E-state index is -3.59. The smallest absolute Gasteiger partial charge is 0.310 e. The van der Waals surface area contributed by atoms with Gasteiger partial charge in [-0.2, -0.15) is 4.31 Å². The normalized spacial score (nSPS) is 20.4. The van der Waals surface area contributed by atoms with Crippen molar-refractivity contribution in [2.75, 3.05) is 19.7 Å². The molecule has 1 unspecified atom stereocenters. The number of nitrogens with zero attached hydrogens (tertiary/aromatic N) is 1. The van der Waals surface area contributed by atoms with Crippen LogP contribution in [0.25, 0.3) is 0 Å². The summed E-state index contributed by atoms with van der Waals surface area (Å²) >= 11 is 7.01. The molecule has 1 fully saturated rings. The second-order valence-corrected chi connectivity index (χ2v) is 8.80. The third kappa shape index (κ3) is 3.59. The van der Waals surface area contributed by atoms with E-state index in [0.29, 0.717) is 30.3 Å². The number of halogens is 1. The number of aryl methyl sites for hydroxylation is 1. The van der Waals surface area contributed by atoms with Crippen LogP contribution in [0.5, 0.6) is 0 Å². The Labute approximate surface area is 133 Å². The Morgan fingerprint density at radius 2 is 2.29 bits per heavy atom. The first-order valence-electron chi connectivity index (χ1n) is 6.79. The van der Waals surface area contributed by atoms with Gasteiger partial charge in [0.2, 0.25) is 0 Å². The lowest BCUT2D eigenvalue weighted by molar-refractivity contribution is -0.149. The van der Waals surface area contributed by atoms with Crippen molar-refractivity contribution in [2.45, 2.75) is 30.9 Å². The maximum absolute atomic E-state index is 12.6. The van der Waals surface area contributed by atoms with E-state index in [1.165, 1.54) is 4.31 Å². The molecule has 1 aliphatic heterocycles. The predicted molar refractivity (Wildman–Crippen MR) is 82.2 cm³/mol. The van der Waals surface area contributed by atoms with Crippen LogP contribution < -0.4 is 0 Å². The van der Waals surface area contributed by atoms with Gasteiger partial charge in [0.1, 0.15) is 4.21 Å². The number of thiophene rings is 1. The number of rotatable bonds is 4. The van der Waals surface area contributed by atoms with Crippen molar-refractivity contribution < 1.29 is 17.9 Å². The molecule has 0 aliphatic carbocycles. The Balaban J connectivity index is 2.18. The third-order valence-electron chi connectivity index (χ3n) is 3.43. The first-order chi connectivity index (χ1) is 9.86. The van der Waals surface area contributed by atoms with Gasteiger partial charge in [-0.25, -0.2) is 8.42 Å². The summed E-state index contributed by atoms with van der Waals surface area (Å²) < 4.78 is 32.3. The summed E-state index contributed by atoms with van der Waals surface area (Å²) in [6.45, 7) is 4.42. The van der Waals surface area contributed by atoms with E-state index >= 15 is 0 Å². The van der Waals surface area contributed by atoms with Gasteiger partial charge in [0.15, 0.2) is 0 Å². The van der Waals surface area contributed by atoms with E-state index in [1.54, 1.807) is 19.9 Å². The van der Waals surface area contributed by atoms with Gasteiger partial charge in [-0.05, 0) is 38.3 Å². The quantitative estimate of drug-likeness (QED) is 0.782. The molecule has 5 nitrogen and oxygen atoms in total. The molecule has 0 spiro atoms. The Kier molecular flexibility index (Phi) is 5.29. The van der Waals surface area contributed by atoms with Gasteiger partial charge in [0.05, 0.1) is 16.9 Å². The van der Waals surface area contributed by atoms with Gasteiger partial charge in [0, 0.05) is 13.1 Å².